The van der Waals surface area contributed by atoms with Crippen molar-refractivity contribution in [2.24, 2.45) is 7.05 Å². The van der Waals surface area contributed by atoms with Crippen molar-refractivity contribution in [1.29, 1.82) is 0 Å². The Bertz CT molecular complexity index is 593. The first kappa shape index (κ1) is 14.1. The Kier molecular flexibility index (Phi) is 3.44. The summed E-state index contributed by atoms with van der Waals surface area (Å²) in [5.74, 6) is -1.06. The Hall–Kier alpha value is -1.34. The smallest absolute Gasteiger partial charge is 0.325 e. The van der Waals surface area contributed by atoms with Gasteiger partial charge in [0.25, 0.3) is 0 Å². The van der Waals surface area contributed by atoms with Gasteiger partial charge in [0.15, 0.2) is 0 Å². The maximum atomic E-state index is 12.6. The summed E-state index contributed by atoms with van der Waals surface area (Å²) >= 11 is 0. The van der Waals surface area contributed by atoms with Crippen molar-refractivity contribution in [2.75, 3.05) is 6.54 Å². The van der Waals surface area contributed by atoms with E-state index in [1.54, 1.807) is 24.7 Å². The molecule has 1 fully saturated rings. The molecular weight excluding hydrogens is 268 g/mol. The van der Waals surface area contributed by atoms with Gasteiger partial charge in [-0.05, 0) is 25.3 Å². The lowest BCUT2D eigenvalue weighted by Crippen LogP contribution is -2.52. The fourth-order valence-corrected chi connectivity index (χ4v) is 4.59. The minimum atomic E-state index is -3.75. The zero-order valence-corrected chi connectivity index (χ0v) is 11.9. The average Bonchev–Trinajstić information content (AvgIpc) is 2.95. The van der Waals surface area contributed by atoms with Crippen LogP contribution in [0, 0.1) is 0 Å². The van der Waals surface area contributed by atoms with Gasteiger partial charge >= 0.3 is 5.97 Å². The van der Waals surface area contributed by atoms with Crippen LogP contribution < -0.4 is 0 Å². The third-order valence-electron chi connectivity index (χ3n) is 3.80. The van der Waals surface area contributed by atoms with Crippen LogP contribution in [0.3, 0.4) is 0 Å². The van der Waals surface area contributed by atoms with Gasteiger partial charge in [-0.3, -0.25) is 4.79 Å². The number of hydrogen-bond donors (Lipinski definition) is 1. The second kappa shape index (κ2) is 4.64. The molecule has 1 aromatic rings. The van der Waals surface area contributed by atoms with Crippen molar-refractivity contribution >= 4 is 16.0 Å². The molecule has 0 aliphatic carbocycles. The Morgan fingerprint density at radius 1 is 1.53 bits per heavy atom. The van der Waals surface area contributed by atoms with E-state index in [-0.39, 0.29) is 17.9 Å². The van der Waals surface area contributed by atoms with Gasteiger partial charge in [0.05, 0.1) is 4.90 Å². The highest BCUT2D eigenvalue weighted by molar-refractivity contribution is 7.89. The van der Waals surface area contributed by atoms with Crippen LogP contribution in [-0.4, -0.2) is 40.4 Å². The maximum Gasteiger partial charge on any atom is 0.325 e. The van der Waals surface area contributed by atoms with Crippen LogP contribution in [0.2, 0.25) is 0 Å². The van der Waals surface area contributed by atoms with E-state index < -0.39 is 21.5 Å². The molecule has 0 saturated carbocycles. The van der Waals surface area contributed by atoms with Gasteiger partial charge in [-0.1, -0.05) is 6.92 Å². The van der Waals surface area contributed by atoms with Crippen LogP contribution in [-0.2, 0) is 21.9 Å². The first-order chi connectivity index (χ1) is 8.84. The van der Waals surface area contributed by atoms with Crippen LogP contribution in [0.25, 0.3) is 0 Å². The van der Waals surface area contributed by atoms with Gasteiger partial charge in [-0.2, -0.15) is 4.31 Å². The summed E-state index contributed by atoms with van der Waals surface area (Å²) in [5.41, 5.74) is -1.30. The third-order valence-corrected chi connectivity index (χ3v) is 5.75. The molecule has 6 nitrogen and oxygen atoms in total. The van der Waals surface area contributed by atoms with Crippen molar-refractivity contribution in [3.63, 3.8) is 0 Å². The number of aliphatic carboxylic acids is 1. The molecule has 1 saturated heterocycles. The number of carboxylic acids is 1. The Morgan fingerprint density at radius 3 is 2.68 bits per heavy atom. The monoisotopic (exact) mass is 286 g/mol. The average molecular weight is 286 g/mol. The normalized spacial score (nSPS) is 24.7. The maximum absolute atomic E-state index is 12.6. The fraction of sp³-hybridized carbons (Fsp3) is 0.583. The van der Waals surface area contributed by atoms with Crippen molar-refractivity contribution in [3.8, 4) is 0 Å². The highest BCUT2D eigenvalue weighted by Crippen LogP contribution is 2.37. The molecule has 1 atom stereocenters. The second-order valence-electron chi connectivity index (χ2n) is 4.88. The van der Waals surface area contributed by atoms with Crippen LogP contribution in [0.15, 0.2) is 23.4 Å². The van der Waals surface area contributed by atoms with Gasteiger partial charge in [-0.15, -0.1) is 0 Å². The second-order valence-corrected chi connectivity index (χ2v) is 6.75. The topological polar surface area (TPSA) is 79.6 Å². The molecule has 1 aromatic heterocycles. The van der Waals surface area contributed by atoms with Crippen LogP contribution in [0.1, 0.15) is 26.2 Å². The third kappa shape index (κ3) is 2.06. The van der Waals surface area contributed by atoms with Gasteiger partial charge in [0, 0.05) is 26.0 Å². The Morgan fingerprint density at radius 2 is 2.21 bits per heavy atom. The molecule has 0 spiro atoms. The van der Waals surface area contributed by atoms with E-state index in [2.05, 4.69) is 0 Å². The number of aromatic nitrogens is 1. The molecule has 106 valence electrons. The molecule has 0 amide bonds. The van der Waals surface area contributed by atoms with Gasteiger partial charge in [0.1, 0.15) is 5.54 Å². The van der Waals surface area contributed by atoms with Crippen molar-refractivity contribution in [2.45, 2.75) is 36.6 Å². The lowest BCUT2D eigenvalue weighted by molar-refractivity contribution is -0.147. The summed E-state index contributed by atoms with van der Waals surface area (Å²) in [4.78, 5) is 11.7. The molecule has 1 aliphatic heterocycles. The van der Waals surface area contributed by atoms with Crippen molar-refractivity contribution < 1.29 is 18.3 Å². The molecule has 19 heavy (non-hydrogen) atoms. The van der Waals surface area contributed by atoms with Crippen LogP contribution in [0.5, 0.6) is 0 Å². The lowest BCUT2D eigenvalue weighted by Gasteiger charge is -2.32. The number of carboxylic acid groups (broad SMARTS) is 1. The zero-order valence-electron chi connectivity index (χ0n) is 11.0. The molecule has 7 heteroatoms. The van der Waals surface area contributed by atoms with E-state index in [1.807, 2.05) is 0 Å². The number of aryl methyl sites for hydroxylation is 1. The predicted molar refractivity (Wildman–Crippen MR) is 69.2 cm³/mol. The van der Waals surface area contributed by atoms with Gasteiger partial charge in [0.2, 0.25) is 10.0 Å². The van der Waals surface area contributed by atoms with Crippen LogP contribution in [0.4, 0.5) is 0 Å². The lowest BCUT2D eigenvalue weighted by atomic mass is 9.95. The molecule has 0 bridgehead atoms. The van der Waals surface area contributed by atoms with Crippen molar-refractivity contribution in [1.82, 2.24) is 8.87 Å². The minimum Gasteiger partial charge on any atom is -0.480 e. The Balaban J connectivity index is 2.48. The molecule has 2 heterocycles. The van der Waals surface area contributed by atoms with E-state index in [1.165, 1.54) is 12.3 Å². The highest BCUT2D eigenvalue weighted by atomic mass is 32.2. The van der Waals surface area contributed by atoms with E-state index >= 15 is 0 Å². The number of rotatable bonds is 4. The molecule has 0 aromatic carbocycles. The molecule has 1 unspecified atom stereocenters. The summed E-state index contributed by atoms with van der Waals surface area (Å²) in [6, 6.07) is 1.50. The SMILES string of the molecule is CCC1(C(=O)O)CCCN1S(=O)(=O)c1ccn(C)c1. The first-order valence-corrected chi connectivity index (χ1v) is 7.67. The summed E-state index contributed by atoms with van der Waals surface area (Å²) in [6.07, 6.45) is 4.35. The predicted octanol–water partition coefficient (Wildman–Crippen LogP) is 1.04. The summed E-state index contributed by atoms with van der Waals surface area (Å²) in [6.45, 7) is 1.98. The largest absolute Gasteiger partial charge is 0.480 e. The van der Waals surface area contributed by atoms with E-state index in [9.17, 15) is 18.3 Å². The molecule has 2 rings (SSSR count). The fourth-order valence-electron chi connectivity index (χ4n) is 2.68. The van der Waals surface area contributed by atoms with Gasteiger partial charge in [-0.25, -0.2) is 8.42 Å². The zero-order chi connectivity index (χ0) is 14.3. The molecular formula is C12H18N2O4S. The first-order valence-electron chi connectivity index (χ1n) is 6.23. The Labute approximate surface area is 112 Å². The number of nitrogens with zero attached hydrogens (tertiary/aromatic N) is 2. The minimum absolute atomic E-state index is 0.149. The summed E-state index contributed by atoms with van der Waals surface area (Å²) in [7, 11) is -2.02. The number of carbonyl (C=O) groups is 1. The van der Waals surface area contributed by atoms with Crippen LogP contribution >= 0.6 is 0 Å². The molecule has 0 radical (unpaired) electrons. The standard InChI is InChI=1S/C12H18N2O4S/c1-3-12(11(15)16)6-4-7-14(12)19(17,18)10-5-8-13(2)9-10/h5,8-9H,3-4,6-7H2,1-2H3,(H,15,16). The number of sulfonamides is 1. The number of hydrogen-bond acceptors (Lipinski definition) is 3. The molecule has 1 aliphatic rings. The highest BCUT2D eigenvalue weighted by Gasteiger charge is 2.52. The van der Waals surface area contributed by atoms with E-state index in [4.69, 9.17) is 0 Å². The summed E-state index contributed by atoms with van der Waals surface area (Å²) in [5, 5.41) is 9.44. The van der Waals surface area contributed by atoms with E-state index in [0.717, 1.165) is 4.31 Å². The quantitative estimate of drug-likeness (QED) is 0.897. The van der Waals surface area contributed by atoms with Crippen molar-refractivity contribution in [3.05, 3.63) is 18.5 Å². The van der Waals surface area contributed by atoms with Gasteiger partial charge < -0.3 is 9.67 Å². The molecule has 1 N–H and O–H groups in total. The van der Waals surface area contributed by atoms with E-state index in [0.29, 0.717) is 12.8 Å². The summed E-state index contributed by atoms with van der Waals surface area (Å²) < 4.78 is 27.9.